The summed E-state index contributed by atoms with van der Waals surface area (Å²) in [5.74, 6) is 0.844. The number of carbonyl (C=O) groups excluding carboxylic acids is 1. The first-order chi connectivity index (χ1) is 16.8. The van der Waals surface area contributed by atoms with Crippen molar-refractivity contribution >= 4 is 11.7 Å². The van der Waals surface area contributed by atoms with Crippen molar-refractivity contribution in [1.82, 2.24) is 5.32 Å². The molecule has 0 aliphatic heterocycles. The minimum absolute atomic E-state index is 0.133. The summed E-state index contributed by atoms with van der Waals surface area (Å²) in [4.78, 5) is 15.0. The van der Waals surface area contributed by atoms with Crippen LogP contribution in [0.25, 0.3) is 11.1 Å². The number of methoxy groups -OCH3 is 1. The van der Waals surface area contributed by atoms with Gasteiger partial charge in [-0.25, -0.2) is 4.79 Å². The molecule has 3 N–H and O–H groups in total. The van der Waals surface area contributed by atoms with Gasteiger partial charge in [0.15, 0.2) is 0 Å². The fourth-order valence-electron chi connectivity index (χ4n) is 3.76. The number of nitrogens with one attached hydrogen (secondary N) is 1. The fourth-order valence-corrected chi connectivity index (χ4v) is 3.76. The lowest BCUT2D eigenvalue weighted by molar-refractivity contribution is 0.0975. The second kappa shape index (κ2) is 12.4. The standard InChI is InChI=1S/C29H37N3O3/c1-20(2)35-27-17-13-25(14-18-27)24-11-15-26(16-12-24)32(19-28(30)22(4)34-5)29(33)31-21(3)23-9-7-6-8-10-23/h6-18,20-22,28H,19,30H2,1-5H3,(H,31,33). The number of benzene rings is 3. The molecule has 0 aromatic heterocycles. The van der Waals surface area contributed by atoms with Crippen molar-refractivity contribution in [3.63, 3.8) is 0 Å². The number of ether oxygens (including phenoxy) is 2. The number of nitrogens with two attached hydrogens (primary N) is 1. The van der Waals surface area contributed by atoms with E-state index in [2.05, 4.69) is 5.32 Å². The summed E-state index contributed by atoms with van der Waals surface area (Å²) in [7, 11) is 1.62. The van der Waals surface area contributed by atoms with Crippen molar-refractivity contribution in [2.75, 3.05) is 18.6 Å². The van der Waals surface area contributed by atoms with Crippen molar-refractivity contribution in [3.05, 3.63) is 84.4 Å². The average molecular weight is 476 g/mol. The van der Waals surface area contributed by atoms with Gasteiger partial charge in [-0.2, -0.15) is 0 Å². The maximum Gasteiger partial charge on any atom is 0.322 e. The number of hydrogen-bond donors (Lipinski definition) is 2. The van der Waals surface area contributed by atoms with Crippen LogP contribution in [0.4, 0.5) is 10.5 Å². The summed E-state index contributed by atoms with van der Waals surface area (Å²) in [5.41, 5.74) is 10.3. The molecule has 3 aromatic carbocycles. The van der Waals surface area contributed by atoms with Crippen LogP contribution in [-0.4, -0.2) is 37.9 Å². The van der Waals surface area contributed by atoms with E-state index in [1.807, 2.05) is 107 Å². The first kappa shape index (κ1) is 26.3. The van der Waals surface area contributed by atoms with Gasteiger partial charge >= 0.3 is 6.03 Å². The Labute approximate surface area is 209 Å². The summed E-state index contributed by atoms with van der Waals surface area (Å²) in [6.45, 7) is 8.22. The van der Waals surface area contributed by atoms with E-state index in [1.54, 1.807) is 12.0 Å². The van der Waals surface area contributed by atoms with Gasteiger partial charge in [0.25, 0.3) is 0 Å². The van der Waals surface area contributed by atoms with Crippen LogP contribution < -0.4 is 20.7 Å². The Morgan fingerprint density at radius 2 is 1.46 bits per heavy atom. The molecule has 0 spiro atoms. The quantitative estimate of drug-likeness (QED) is 0.390. The van der Waals surface area contributed by atoms with Crippen LogP contribution >= 0.6 is 0 Å². The molecule has 0 saturated heterocycles. The molecule has 0 heterocycles. The predicted octanol–water partition coefficient (Wildman–Crippen LogP) is 5.78. The predicted molar refractivity (Wildman–Crippen MR) is 143 cm³/mol. The van der Waals surface area contributed by atoms with E-state index in [0.29, 0.717) is 6.54 Å². The zero-order valence-electron chi connectivity index (χ0n) is 21.3. The largest absolute Gasteiger partial charge is 0.491 e. The number of amides is 2. The Kier molecular flexibility index (Phi) is 9.29. The van der Waals surface area contributed by atoms with E-state index in [0.717, 1.165) is 28.1 Å². The van der Waals surface area contributed by atoms with Gasteiger partial charge in [0.05, 0.1) is 18.2 Å². The Morgan fingerprint density at radius 1 is 0.886 bits per heavy atom. The number of anilines is 1. The number of nitrogens with zero attached hydrogens (tertiary/aromatic N) is 1. The van der Waals surface area contributed by atoms with Gasteiger partial charge in [-0.05, 0) is 68.7 Å². The van der Waals surface area contributed by atoms with Crippen LogP contribution in [-0.2, 0) is 4.74 Å². The van der Waals surface area contributed by atoms with Crippen molar-refractivity contribution in [1.29, 1.82) is 0 Å². The third-order valence-electron chi connectivity index (χ3n) is 5.99. The molecule has 0 bridgehead atoms. The Morgan fingerprint density at radius 3 is 2.00 bits per heavy atom. The normalized spacial score (nSPS) is 13.7. The number of rotatable bonds is 10. The summed E-state index contributed by atoms with van der Waals surface area (Å²) in [6.07, 6.45) is -0.0586. The highest BCUT2D eigenvalue weighted by Gasteiger charge is 2.23. The lowest BCUT2D eigenvalue weighted by Crippen LogP contribution is -2.50. The summed E-state index contributed by atoms with van der Waals surface area (Å²) >= 11 is 0. The molecule has 3 rings (SSSR count). The second-order valence-corrected chi connectivity index (χ2v) is 9.03. The maximum atomic E-state index is 13.4. The van der Waals surface area contributed by atoms with Crippen LogP contribution in [0.3, 0.4) is 0 Å². The Balaban J connectivity index is 1.80. The van der Waals surface area contributed by atoms with E-state index in [1.165, 1.54) is 0 Å². The third kappa shape index (κ3) is 7.31. The van der Waals surface area contributed by atoms with Gasteiger partial charge in [0.1, 0.15) is 5.75 Å². The topological polar surface area (TPSA) is 76.8 Å². The van der Waals surface area contributed by atoms with Gasteiger partial charge in [0, 0.05) is 25.4 Å². The number of carbonyl (C=O) groups is 1. The van der Waals surface area contributed by atoms with Gasteiger partial charge in [-0.3, -0.25) is 4.90 Å². The Hall–Kier alpha value is -3.35. The SMILES string of the molecule is COC(C)C(N)CN(C(=O)NC(C)c1ccccc1)c1ccc(-c2ccc(OC(C)C)cc2)cc1. The molecule has 0 radical (unpaired) electrons. The smallest absolute Gasteiger partial charge is 0.322 e. The maximum absolute atomic E-state index is 13.4. The van der Waals surface area contributed by atoms with Gasteiger partial charge in [-0.15, -0.1) is 0 Å². The van der Waals surface area contributed by atoms with Crippen LogP contribution in [0.2, 0.25) is 0 Å². The molecule has 3 aromatic rings. The minimum atomic E-state index is -0.342. The summed E-state index contributed by atoms with van der Waals surface area (Å²) in [5, 5.41) is 3.10. The molecule has 35 heavy (non-hydrogen) atoms. The summed E-state index contributed by atoms with van der Waals surface area (Å²) in [6, 6.07) is 25.1. The van der Waals surface area contributed by atoms with Crippen LogP contribution in [0, 0.1) is 0 Å². The first-order valence-electron chi connectivity index (χ1n) is 12.1. The lowest BCUT2D eigenvalue weighted by atomic mass is 10.0. The van der Waals surface area contributed by atoms with Gasteiger partial charge < -0.3 is 20.5 Å². The van der Waals surface area contributed by atoms with Crippen LogP contribution in [0.15, 0.2) is 78.9 Å². The molecule has 0 aliphatic carbocycles. The molecule has 6 heteroatoms. The van der Waals surface area contributed by atoms with Crippen molar-refractivity contribution in [2.24, 2.45) is 5.73 Å². The highest BCUT2D eigenvalue weighted by atomic mass is 16.5. The third-order valence-corrected chi connectivity index (χ3v) is 5.99. The van der Waals surface area contributed by atoms with E-state index >= 15 is 0 Å². The van der Waals surface area contributed by atoms with Crippen molar-refractivity contribution in [2.45, 2.75) is 52.0 Å². The lowest BCUT2D eigenvalue weighted by Gasteiger charge is -2.30. The molecular formula is C29H37N3O3. The zero-order chi connectivity index (χ0) is 25.4. The molecule has 3 atom stereocenters. The molecule has 0 fully saturated rings. The highest BCUT2D eigenvalue weighted by Crippen LogP contribution is 2.26. The first-order valence-corrected chi connectivity index (χ1v) is 12.1. The van der Waals surface area contributed by atoms with Gasteiger partial charge in [0.2, 0.25) is 0 Å². The summed E-state index contributed by atoms with van der Waals surface area (Å²) < 4.78 is 11.1. The van der Waals surface area contributed by atoms with E-state index in [9.17, 15) is 4.79 Å². The molecule has 0 aliphatic rings. The van der Waals surface area contributed by atoms with Crippen molar-refractivity contribution in [3.8, 4) is 16.9 Å². The van der Waals surface area contributed by atoms with Gasteiger partial charge in [-0.1, -0.05) is 54.6 Å². The minimum Gasteiger partial charge on any atom is -0.491 e. The van der Waals surface area contributed by atoms with E-state index in [-0.39, 0.29) is 30.3 Å². The van der Waals surface area contributed by atoms with E-state index < -0.39 is 0 Å². The second-order valence-electron chi connectivity index (χ2n) is 9.03. The molecule has 0 saturated carbocycles. The monoisotopic (exact) mass is 475 g/mol. The molecule has 2 amide bonds. The molecule has 6 nitrogen and oxygen atoms in total. The Bertz CT molecular complexity index is 1050. The zero-order valence-corrected chi connectivity index (χ0v) is 21.3. The van der Waals surface area contributed by atoms with Crippen LogP contribution in [0.5, 0.6) is 5.75 Å². The van der Waals surface area contributed by atoms with Crippen molar-refractivity contribution < 1.29 is 14.3 Å². The molecule has 186 valence electrons. The van der Waals surface area contributed by atoms with Crippen LogP contribution in [0.1, 0.15) is 39.3 Å². The average Bonchev–Trinajstić information content (AvgIpc) is 2.87. The molecule has 3 unspecified atom stereocenters. The molecular weight excluding hydrogens is 438 g/mol. The number of hydrogen-bond acceptors (Lipinski definition) is 4. The highest BCUT2D eigenvalue weighted by molar-refractivity contribution is 5.92. The number of urea groups is 1. The van der Waals surface area contributed by atoms with E-state index in [4.69, 9.17) is 15.2 Å². The fraction of sp³-hybridized carbons (Fsp3) is 0.345.